The molecule has 1 atom stereocenters. The molecule has 0 amide bonds. The van der Waals surface area contributed by atoms with Crippen molar-refractivity contribution in [2.75, 3.05) is 0 Å². The highest BCUT2D eigenvalue weighted by Crippen LogP contribution is 2.32. The zero-order chi connectivity index (χ0) is 9.54. The van der Waals surface area contributed by atoms with Crippen molar-refractivity contribution < 1.29 is 4.42 Å². The summed E-state index contributed by atoms with van der Waals surface area (Å²) in [6.07, 6.45) is 5.20. The Morgan fingerprint density at radius 1 is 1.29 bits per heavy atom. The largest absolute Gasteiger partial charge is 0.456 e. The van der Waals surface area contributed by atoms with Gasteiger partial charge in [0.25, 0.3) is 0 Å². The van der Waals surface area contributed by atoms with Gasteiger partial charge in [-0.15, -0.1) is 0 Å². The Balaban J connectivity index is 2.32. The Morgan fingerprint density at radius 2 is 2.14 bits per heavy atom. The molecule has 0 bridgehead atoms. The van der Waals surface area contributed by atoms with Crippen LogP contribution in [0, 0.1) is 0 Å². The number of hydrogen-bond donors (Lipinski definition) is 0. The van der Waals surface area contributed by atoms with E-state index in [1.54, 1.807) is 0 Å². The average molecular weight is 249 g/mol. The van der Waals surface area contributed by atoms with Crippen LogP contribution < -0.4 is 0 Å². The number of benzene rings is 1. The highest BCUT2D eigenvalue weighted by molar-refractivity contribution is 9.09. The van der Waals surface area contributed by atoms with Crippen LogP contribution in [0.1, 0.15) is 11.3 Å². The first kappa shape index (κ1) is 8.30. The number of furan rings is 1. The van der Waals surface area contributed by atoms with Gasteiger partial charge in [-0.25, -0.2) is 0 Å². The maximum absolute atomic E-state index is 5.73. The van der Waals surface area contributed by atoms with Crippen LogP contribution in [0.5, 0.6) is 0 Å². The molecule has 2 aromatic rings. The lowest BCUT2D eigenvalue weighted by Crippen LogP contribution is -2.03. The van der Waals surface area contributed by atoms with Gasteiger partial charge in [-0.05, 0) is 18.6 Å². The van der Waals surface area contributed by atoms with E-state index in [2.05, 4.69) is 40.2 Å². The van der Waals surface area contributed by atoms with Gasteiger partial charge < -0.3 is 4.42 Å². The molecule has 1 nitrogen and oxygen atoms in total. The lowest BCUT2D eigenvalue weighted by molar-refractivity contribution is 0.596. The van der Waals surface area contributed by atoms with Crippen LogP contribution in [0.3, 0.4) is 0 Å². The predicted octanol–water partition coefficient (Wildman–Crippen LogP) is 3.77. The normalized spacial score (nSPS) is 19.9. The maximum atomic E-state index is 5.73. The fourth-order valence-corrected chi connectivity index (χ4v) is 2.39. The summed E-state index contributed by atoms with van der Waals surface area (Å²) in [6, 6.07) is 8.20. The number of allylic oxidation sites excluding steroid dienone is 1. The van der Waals surface area contributed by atoms with Crippen molar-refractivity contribution in [1.29, 1.82) is 0 Å². The topological polar surface area (TPSA) is 13.1 Å². The van der Waals surface area contributed by atoms with E-state index in [1.165, 1.54) is 10.9 Å². The second kappa shape index (κ2) is 2.99. The van der Waals surface area contributed by atoms with Gasteiger partial charge in [-0.2, -0.15) is 0 Å². The molecule has 0 spiro atoms. The fraction of sp³-hybridized carbons (Fsp3) is 0.167. The summed E-state index contributed by atoms with van der Waals surface area (Å²) in [5, 5.41) is 1.25. The third-order valence-corrected chi connectivity index (χ3v) is 3.21. The molecule has 1 aliphatic carbocycles. The number of fused-ring (bicyclic) bond motifs is 3. The molecular formula is C12H9BrO. The van der Waals surface area contributed by atoms with Crippen molar-refractivity contribution in [3.63, 3.8) is 0 Å². The summed E-state index contributed by atoms with van der Waals surface area (Å²) in [5.41, 5.74) is 2.31. The monoisotopic (exact) mass is 248 g/mol. The molecule has 0 N–H and O–H groups in total. The first-order chi connectivity index (χ1) is 6.84. The number of alkyl halides is 1. The van der Waals surface area contributed by atoms with E-state index in [1.807, 2.05) is 12.1 Å². The van der Waals surface area contributed by atoms with Crippen LogP contribution in [-0.2, 0) is 6.42 Å². The van der Waals surface area contributed by atoms with Crippen LogP contribution in [0.2, 0.25) is 0 Å². The van der Waals surface area contributed by atoms with Crippen LogP contribution in [0.4, 0.5) is 0 Å². The molecule has 1 aliphatic rings. The van der Waals surface area contributed by atoms with E-state index in [0.29, 0.717) is 4.83 Å². The van der Waals surface area contributed by atoms with Crippen molar-refractivity contribution in [3.8, 4) is 0 Å². The molecule has 2 heteroatoms. The number of hydrogen-bond acceptors (Lipinski definition) is 1. The van der Waals surface area contributed by atoms with Gasteiger partial charge >= 0.3 is 0 Å². The Labute approximate surface area is 90.5 Å². The lowest BCUT2D eigenvalue weighted by atomic mass is 10.0. The van der Waals surface area contributed by atoms with Crippen LogP contribution in [0.15, 0.2) is 34.8 Å². The molecule has 0 saturated heterocycles. The average Bonchev–Trinajstić information content (AvgIpc) is 2.56. The molecule has 0 fully saturated rings. The molecule has 1 aromatic heterocycles. The minimum absolute atomic E-state index is 0.441. The Kier molecular flexibility index (Phi) is 1.77. The van der Waals surface area contributed by atoms with Crippen LogP contribution in [0.25, 0.3) is 17.0 Å². The van der Waals surface area contributed by atoms with Crippen molar-refractivity contribution in [1.82, 2.24) is 0 Å². The zero-order valence-electron chi connectivity index (χ0n) is 7.53. The van der Waals surface area contributed by atoms with E-state index in [0.717, 1.165) is 17.8 Å². The molecule has 14 heavy (non-hydrogen) atoms. The SMILES string of the molecule is BrC1C=Cc2oc3ccccc3c2C1. The molecule has 0 radical (unpaired) electrons. The highest BCUT2D eigenvalue weighted by atomic mass is 79.9. The molecule has 1 aromatic carbocycles. The smallest absolute Gasteiger partial charge is 0.135 e. The molecule has 3 rings (SSSR count). The summed E-state index contributed by atoms with van der Waals surface area (Å²) in [7, 11) is 0. The summed E-state index contributed by atoms with van der Waals surface area (Å²) in [5.74, 6) is 1.02. The molecule has 70 valence electrons. The Morgan fingerprint density at radius 3 is 3.07 bits per heavy atom. The lowest BCUT2D eigenvalue weighted by Gasteiger charge is -2.08. The van der Waals surface area contributed by atoms with Gasteiger partial charge in [0.2, 0.25) is 0 Å². The first-order valence-corrected chi connectivity index (χ1v) is 5.59. The van der Waals surface area contributed by atoms with Crippen molar-refractivity contribution in [2.45, 2.75) is 11.2 Å². The molecule has 0 aliphatic heterocycles. The quantitative estimate of drug-likeness (QED) is 0.648. The zero-order valence-corrected chi connectivity index (χ0v) is 9.12. The maximum Gasteiger partial charge on any atom is 0.135 e. The van der Waals surface area contributed by atoms with Gasteiger partial charge in [0.1, 0.15) is 11.3 Å². The van der Waals surface area contributed by atoms with Crippen molar-refractivity contribution in [3.05, 3.63) is 41.7 Å². The first-order valence-electron chi connectivity index (χ1n) is 4.67. The summed E-state index contributed by atoms with van der Waals surface area (Å²) >= 11 is 3.60. The second-order valence-electron chi connectivity index (χ2n) is 3.52. The Bertz CT molecular complexity index is 510. The van der Waals surface area contributed by atoms with Crippen LogP contribution >= 0.6 is 15.9 Å². The van der Waals surface area contributed by atoms with Gasteiger partial charge in [0.05, 0.1) is 0 Å². The van der Waals surface area contributed by atoms with E-state index < -0.39 is 0 Å². The van der Waals surface area contributed by atoms with Gasteiger partial charge in [-0.1, -0.05) is 40.2 Å². The summed E-state index contributed by atoms with van der Waals surface area (Å²) < 4.78 is 5.73. The molecule has 0 saturated carbocycles. The van der Waals surface area contributed by atoms with Crippen molar-refractivity contribution in [2.24, 2.45) is 0 Å². The predicted molar refractivity (Wildman–Crippen MR) is 61.7 cm³/mol. The second-order valence-corrected chi connectivity index (χ2v) is 4.70. The molecule has 1 heterocycles. The van der Waals surface area contributed by atoms with Gasteiger partial charge in [0.15, 0.2) is 0 Å². The van der Waals surface area contributed by atoms with E-state index >= 15 is 0 Å². The fourth-order valence-electron chi connectivity index (χ4n) is 1.92. The van der Waals surface area contributed by atoms with Crippen molar-refractivity contribution >= 4 is 33.0 Å². The third-order valence-electron chi connectivity index (χ3n) is 2.59. The van der Waals surface area contributed by atoms with E-state index in [-0.39, 0.29) is 0 Å². The van der Waals surface area contributed by atoms with Crippen LogP contribution in [-0.4, -0.2) is 4.83 Å². The standard InChI is InChI=1S/C12H9BrO/c13-8-5-6-12-10(7-8)9-3-1-2-4-11(9)14-12/h1-6,8H,7H2. The van der Waals surface area contributed by atoms with Gasteiger partial charge in [-0.3, -0.25) is 0 Å². The molecular weight excluding hydrogens is 240 g/mol. The number of para-hydroxylation sites is 1. The van der Waals surface area contributed by atoms with Gasteiger partial charge in [0, 0.05) is 15.8 Å². The highest BCUT2D eigenvalue weighted by Gasteiger charge is 2.17. The van der Waals surface area contributed by atoms with E-state index in [9.17, 15) is 0 Å². The summed E-state index contributed by atoms with van der Waals surface area (Å²) in [4.78, 5) is 0.441. The molecule has 1 unspecified atom stereocenters. The minimum Gasteiger partial charge on any atom is -0.456 e. The van der Waals surface area contributed by atoms with E-state index in [4.69, 9.17) is 4.42 Å². The minimum atomic E-state index is 0.441. The number of halogens is 1. The summed E-state index contributed by atoms with van der Waals surface area (Å²) in [6.45, 7) is 0. The number of rotatable bonds is 0. The Hall–Kier alpha value is -1.02. The third kappa shape index (κ3) is 1.14.